The predicted molar refractivity (Wildman–Crippen MR) is 382 cm³/mol. The minimum atomic E-state index is -4.95. The molecule has 0 heterocycles. The number of phosphoric acid groups is 2. The van der Waals surface area contributed by atoms with E-state index in [1.165, 1.54) is 212 Å². The van der Waals surface area contributed by atoms with E-state index in [-0.39, 0.29) is 25.7 Å². The molecule has 0 aromatic heterocycles. The summed E-state index contributed by atoms with van der Waals surface area (Å²) in [5, 5.41) is 10.6. The summed E-state index contributed by atoms with van der Waals surface area (Å²) in [6.45, 7) is 4.90. The lowest BCUT2D eigenvalue weighted by Crippen LogP contribution is -2.30. The van der Waals surface area contributed by atoms with Crippen molar-refractivity contribution in [2.45, 2.75) is 418 Å². The number of ether oxygens (including phenoxy) is 4. The summed E-state index contributed by atoms with van der Waals surface area (Å²) in [5.41, 5.74) is 0. The van der Waals surface area contributed by atoms with Crippen molar-refractivity contribution in [2.75, 3.05) is 39.6 Å². The number of carbonyl (C=O) groups is 4. The molecule has 3 N–H and O–H groups in total. The van der Waals surface area contributed by atoms with Gasteiger partial charge < -0.3 is 33.8 Å². The first-order chi connectivity index (χ1) is 45.7. The lowest BCUT2D eigenvalue weighted by Gasteiger charge is -2.21. The van der Waals surface area contributed by atoms with Gasteiger partial charge in [0.05, 0.1) is 26.4 Å². The molecule has 5 atom stereocenters. The Morgan fingerprint density at radius 2 is 0.426 bits per heavy atom. The Balaban J connectivity index is 5.12. The summed E-state index contributed by atoms with van der Waals surface area (Å²) in [4.78, 5) is 72.5. The van der Waals surface area contributed by atoms with Gasteiger partial charge in [-0.3, -0.25) is 37.3 Å². The molecule has 17 nitrogen and oxygen atoms in total. The summed E-state index contributed by atoms with van der Waals surface area (Å²) in [5.74, 6) is -2.12. The third-order valence-electron chi connectivity index (χ3n) is 17.6. The van der Waals surface area contributed by atoms with Gasteiger partial charge in [0.15, 0.2) is 12.2 Å². The molecule has 2 unspecified atom stereocenters. The molecule has 0 aromatic rings. The molecule has 0 spiro atoms. The van der Waals surface area contributed by atoms with E-state index < -0.39 is 97.5 Å². The zero-order valence-corrected chi connectivity index (χ0v) is 62.7. The van der Waals surface area contributed by atoms with Gasteiger partial charge in [-0.2, -0.15) is 0 Å². The van der Waals surface area contributed by atoms with E-state index in [2.05, 4.69) is 27.7 Å². The molecule has 0 rings (SSSR count). The Kier molecular flexibility index (Phi) is 68.1. The molecule has 94 heavy (non-hydrogen) atoms. The van der Waals surface area contributed by atoms with E-state index >= 15 is 0 Å². The van der Waals surface area contributed by atoms with Crippen molar-refractivity contribution in [2.24, 2.45) is 0 Å². The monoisotopic (exact) mass is 1380 g/mol. The normalized spacial score (nSPS) is 13.9. The molecular weight excluding hydrogens is 1230 g/mol. The minimum absolute atomic E-state index is 0.105. The van der Waals surface area contributed by atoms with Crippen LogP contribution in [-0.2, 0) is 65.4 Å². The van der Waals surface area contributed by atoms with Gasteiger partial charge in [0.25, 0.3) is 0 Å². The summed E-state index contributed by atoms with van der Waals surface area (Å²) >= 11 is 0. The Hall–Kier alpha value is -1.94. The maximum absolute atomic E-state index is 13.1. The maximum atomic E-state index is 13.1. The van der Waals surface area contributed by atoms with Gasteiger partial charge >= 0.3 is 39.5 Å². The van der Waals surface area contributed by atoms with Crippen LogP contribution in [0.1, 0.15) is 400 Å². The van der Waals surface area contributed by atoms with Crippen LogP contribution in [-0.4, -0.2) is 96.7 Å². The number of carbonyl (C=O) groups excluding carboxylic acids is 4. The number of hydrogen-bond donors (Lipinski definition) is 3. The highest BCUT2D eigenvalue weighted by molar-refractivity contribution is 7.47. The van der Waals surface area contributed by atoms with Crippen LogP contribution in [0.25, 0.3) is 0 Å². The van der Waals surface area contributed by atoms with Gasteiger partial charge in [-0.15, -0.1) is 0 Å². The first-order valence-corrected chi connectivity index (χ1v) is 42.3. The molecule has 0 radical (unpaired) electrons. The van der Waals surface area contributed by atoms with E-state index in [4.69, 9.17) is 37.0 Å². The van der Waals surface area contributed by atoms with Crippen LogP contribution < -0.4 is 0 Å². The summed E-state index contributed by atoms with van der Waals surface area (Å²) in [6.07, 6.45) is 60.1. The quantitative estimate of drug-likeness (QED) is 0.0222. The molecule has 0 fully saturated rings. The van der Waals surface area contributed by atoms with Gasteiger partial charge in [0.2, 0.25) is 0 Å². The van der Waals surface area contributed by atoms with Gasteiger partial charge in [0.1, 0.15) is 19.3 Å². The molecule has 0 aliphatic heterocycles. The number of phosphoric ester groups is 2. The highest BCUT2D eigenvalue weighted by Crippen LogP contribution is 2.45. The first-order valence-electron chi connectivity index (χ1n) is 39.3. The predicted octanol–water partition coefficient (Wildman–Crippen LogP) is 22.2. The maximum Gasteiger partial charge on any atom is 0.472 e. The fraction of sp³-hybridized carbons (Fsp3) is 0.947. The molecule has 0 saturated heterocycles. The second-order valence-corrected chi connectivity index (χ2v) is 29.9. The number of hydrogen-bond acceptors (Lipinski definition) is 15. The fourth-order valence-electron chi connectivity index (χ4n) is 11.6. The Bertz CT molecular complexity index is 1790. The second-order valence-electron chi connectivity index (χ2n) is 27.0. The van der Waals surface area contributed by atoms with Crippen molar-refractivity contribution in [1.29, 1.82) is 0 Å². The zero-order chi connectivity index (χ0) is 69.0. The smallest absolute Gasteiger partial charge is 0.462 e. The average Bonchev–Trinajstić information content (AvgIpc) is 2.93. The standard InChI is InChI=1S/C75H146O17P2/c1-5-9-13-17-21-24-26-28-30-32-34-35-36-38-40-42-44-46-50-54-58-62-75(80)92-71(66-86-73(78)60-56-52-49-45-43-41-39-37-33-31-29-27-25-22-18-14-10-6-2)68-90-94(83,84)88-64-69(76)63-87-93(81,82)89-67-70(65-85-72(77)59-55-51-47-20-16-12-8-4)91-74(79)61-57-53-48-23-19-15-11-7-3/h69-71,76H,5-68H2,1-4H3,(H,81,82)(H,83,84)/t69-,70+,71+/m0/s1. The van der Waals surface area contributed by atoms with Crippen LogP contribution >= 0.6 is 15.6 Å². The van der Waals surface area contributed by atoms with Crippen LogP contribution in [0, 0.1) is 0 Å². The van der Waals surface area contributed by atoms with E-state index in [0.717, 1.165) is 109 Å². The molecule has 0 aromatic carbocycles. The van der Waals surface area contributed by atoms with Crippen molar-refractivity contribution >= 4 is 39.5 Å². The van der Waals surface area contributed by atoms with Gasteiger partial charge in [-0.05, 0) is 25.7 Å². The van der Waals surface area contributed by atoms with Crippen LogP contribution in [0.4, 0.5) is 0 Å². The van der Waals surface area contributed by atoms with Gasteiger partial charge in [-0.1, -0.05) is 349 Å². The number of esters is 4. The van der Waals surface area contributed by atoms with Crippen LogP contribution in [0.3, 0.4) is 0 Å². The topological polar surface area (TPSA) is 237 Å². The Morgan fingerprint density at radius 3 is 0.628 bits per heavy atom. The first kappa shape index (κ1) is 92.1. The van der Waals surface area contributed by atoms with Crippen molar-refractivity contribution in [3.05, 3.63) is 0 Å². The molecule has 19 heteroatoms. The van der Waals surface area contributed by atoms with Crippen molar-refractivity contribution in [1.82, 2.24) is 0 Å². The lowest BCUT2D eigenvalue weighted by molar-refractivity contribution is -0.161. The minimum Gasteiger partial charge on any atom is -0.462 e. The molecule has 0 saturated carbocycles. The largest absolute Gasteiger partial charge is 0.472 e. The highest BCUT2D eigenvalue weighted by atomic mass is 31.2. The van der Waals surface area contributed by atoms with Crippen LogP contribution in [0.15, 0.2) is 0 Å². The van der Waals surface area contributed by atoms with Crippen LogP contribution in [0.5, 0.6) is 0 Å². The number of aliphatic hydroxyl groups excluding tert-OH is 1. The van der Waals surface area contributed by atoms with Gasteiger partial charge in [0, 0.05) is 25.7 Å². The molecular formula is C75H146O17P2. The average molecular weight is 1380 g/mol. The number of rotatable bonds is 76. The van der Waals surface area contributed by atoms with E-state index in [9.17, 15) is 43.2 Å². The van der Waals surface area contributed by atoms with Gasteiger partial charge in [-0.25, -0.2) is 9.13 Å². The Labute approximate surface area is 575 Å². The SMILES string of the molecule is CCCCCCCCCCCCCCCCCCCCCCCC(=O)O[C@H](COC(=O)CCCCCCCCCCCCCCCCCCCC)COP(=O)(O)OC[C@@H](O)COP(=O)(O)OC[C@@H](COC(=O)CCCCCCCCC)OC(=O)CCCCCCCCCC. The third kappa shape index (κ3) is 68.6. The Morgan fingerprint density at radius 1 is 0.255 bits per heavy atom. The molecule has 558 valence electrons. The number of unbranched alkanes of at least 4 members (excludes halogenated alkanes) is 50. The van der Waals surface area contributed by atoms with E-state index in [1.807, 2.05) is 0 Å². The molecule has 0 aliphatic rings. The summed E-state index contributed by atoms with van der Waals surface area (Å²) in [6, 6.07) is 0. The van der Waals surface area contributed by atoms with E-state index in [0.29, 0.717) is 25.7 Å². The van der Waals surface area contributed by atoms with Crippen molar-refractivity contribution < 1.29 is 80.2 Å². The zero-order valence-electron chi connectivity index (χ0n) is 60.9. The van der Waals surface area contributed by atoms with Crippen LogP contribution in [0.2, 0.25) is 0 Å². The lowest BCUT2D eigenvalue weighted by atomic mass is 10.0. The molecule has 0 amide bonds. The summed E-state index contributed by atoms with van der Waals surface area (Å²) in [7, 11) is -9.89. The van der Waals surface area contributed by atoms with Crippen molar-refractivity contribution in [3.63, 3.8) is 0 Å². The van der Waals surface area contributed by atoms with Crippen molar-refractivity contribution in [3.8, 4) is 0 Å². The second kappa shape index (κ2) is 69.5. The highest BCUT2D eigenvalue weighted by Gasteiger charge is 2.30. The molecule has 0 aliphatic carbocycles. The summed E-state index contributed by atoms with van der Waals surface area (Å²) < 4.78 is 68.2. The molecule has 0 bridgehead atoms. The fourth-order valence-corrected chi connectivity index (χ4v) is 13.2. The number of aliphatic hydroxyl groups is 1. The third-order valence-corrected chi connectivity index (χ3v) is 19.5. The van der Waals surface area contributed by atoms with E-state index in [1.54, 1.807) is 0 Å².